The van der Waals surface area contributed by atoms with Crippen LogP contribution in [0.15, 0.2) is 76.3 Å². The summed E-state index contributed by atoms with van der Waals surface area (Å²) in [4.78, 5) is 12.4. The third-order valence-electron chi connectivity index (χ3n) is 4.74. The van der Waals surface area contributed by atoms with Gasteiger partial charge < -0.3 is 0 Å². The number of rotatable bonds is 5. The molecule has 1 N–H and O–H groups in total. The summed E-state index contributed by atoms with van der Waals surface area (Å²) < 4.78 is 2.65. The lowest BCUT2D eigenvalue weighted by atomic mass is 10.0. The second-order valence-corrected chi connectivity index (χ2v) is 7.97. The van der Waals surface area contributed by atoms with E-state index in [1.165, 1.54) is 6.21 Å². The van der Waals surface area contributed by atoms with Crippen LogP contribution in [0.4, 0.5) is 0 Å². The Morgan fingerprint density at radius 3 is 2.57 bits per heavy atom. The molecule has 30 heavy (non-hydrogen) atoms. The highest BCUT2D eigenvalue weighted by molar-refractivity contribution is 9.10. The Kier molecular flexibility index (Phi) is 5.97. The number of para-hydroxylation sites is 1. The fourth-order valence-electron chi connectivity index (χ4n) is 3.26. The van der Waals surface area contributed by atoms with E-state index in [4.69, 9.17) is 11.6 Å². The summed E-state index contributed by atoms with van der Waals surface area (Å²) in [6.07, 6.45) is 1.75. The Morgan fingerprint density at radius 2 is 1.80 bits per heavy atom. The van der Waals surface area contributed by atoms with Gasteiger partial charge in [-0.05, 0) is 41.5 Å². The van der Waals surface area contributed by atoms with Crippen LogP contribution >= 0.6 is 27.5 Å². The first-order chi connectivity index (χ1) is 14.5. The zero-order valence-corrected chi connectivity index (χ0v) is 18.5. The van der Waals surface area contributed by atoms with Crippen LogP contribution in [0.25, 0.3) is 16.5 Å². The van der Waals surface area contributed by atoms with Crippen LogP contribution in [0.2, 0.25) is 5.15 Å². The first kappa shape index (κ1) is 20.3. The van der Waals surface area contributed by atoms with E-state index in [1.54, 1.807) is 4.68 Å². The number of carbonyl (C=O) groups excluding carboxylic acids is 1. The van der Waals surface area contributed by atoms with Crippen molar-refractivity contribution in [3.05, 3.63) is 93.2 Å². The molecule has 3 aromatic carbocycles. The van der Waals surface area contributed by atoms with E-state index < -0.39 is 0 Å². The minimum atomic E-state index is -0.206. The molecule has 1 heterocycles. The number of hydrogen-bond acceptors (Lipinski definition) is 3. The molecule has 1 aromatic heterocycles. The average molecular weight is 482 g/mol. The van der Waals surface area contributed by atoms with Crippen LogP contribution in [-0.2, 0) is 11.2 Å². The summed E-state index contributed by atoms with van der Waals surface area (Å²) in [7, 11) is 0. The van der Waals surface area contributed by atoms with Crippen molar-refractivity contribution < 1.29 is 4.79 Å². The van der Waals surface area contributed by atoms with Gasteiger partial charge in [-0.2, -0.15) is 10.2 Å². The molecule has 0 fully saturated rings. The van der Waals surface area contributed by atoms with E-state index in [1.807, 2.05) is 73.7 Å². The van der Waals surface area contributed by atoms with Gasteiger partial charge in [0.05, 0.1) is 29.6 Å². The van der Waals surface area contributed by atoms with Crippen molar-refractivity contribution >= 4 is 50.4 Å². The zero-order valence-electron chi connectivity index (χ0n) is 16.1. The highest BCUT2D eigenvalue weighted by Gasteiger charge is 2.13. The summed E-state index contributed by atoms with van der Waals surface area (Å²) in [6, 6.07) is 21.5. The van der Waals surface area contributed by atoms with E-state index in [9.17, 15) is 4.79 Å². The Hall–Kier alpha value is -2.96. The number of aryl methyl sites for hydroxylation is 1. The summed E-state index contributed by atoms with van der Waals surface area (Å²) in [5.74, 6) is -0.206. The molecule has 0 unspecified atom stereocenters. The number of carbonyl (C=O) groups is 1. The highest BCUT2D eigenvalue weighted by atomic mass is 79.9. The summed E-state index contributed by atoms with van der Waals surface area (Å²) in [5, 5.41) is 11.1. The van der Waals surface area contributed by atoms with Gasteiger partial charge in [0.2, 0.25) is 5.91 Å². The van der Waals surface area contributed by atoms with E-state index >= 15 is 0 Å². The molecule has 0 aliphatic rings. The Labute approximate surface area is 187 Å². The van der Waals surface area contributed by atoms with Crippen LogP contribution in [0.1, 0.15) is 16.8 Å². The number of aromatic nitrogens is 2. The molecule has 0 spiro atoms. The normalized spacial score (nSPS) is 11.3. The fourth-order valence-corrected chi connectivity index (χ4v) is 4.06. The smallest absolute Gasteiger partial charge is 0.244 e. The van der Waals surface area contributed by atoms with Gasteiger partial charge in [-0.1, -0.05) is 76.1 Å². The molecule has 4 rings (SSSR count). The number of amides is 1. The molecule has 0 bridgehead atoms. The highest BCUT2D eigenvalue weighted by Crippen LogP contribution is 2.27. The van der Waals surface area contributed by atoms with Crippen molar-refractivity contribution in [2.75, 3.05) is 0 Å². The molecule has 0 saturated carbocycles. The van der Waals surface area contributed by atoms with Crippen LogP contribution < -0.4 is 5.43 Å². The van der Waals surface area contributed by atoms with Crippen molar-refractivity contribution in [1.82, 2.24) is 15.2 Å². The molecule has 0 aliphatic heterocycles. The number of hydrazone groups is 1. The Morgan fingerprint density at radius 1 is 1.10 bits per heavy atom. The zero-order chi connectivity index (χ0) is 21.1. The minimum Gasteiger partial charge on any atom is -0.273 e. The lowest BCUT2D eigenvalue weighted by molar-refractivity contribution is -0.120. The molecule has 4 aromatic rings. The number of benzene rings is 3. The van der Waals surface area contributed by atoms with Crippen LogP contribution in [0.3, 0.4) is 0 Å². The van der Waals surface area contributed by atoms with Crippen molar-refractivity contribution in [2.45, 2.75) is 13.3 Å². The Balaban J connectivity index is 1.49. The van der Waals surface area contributed by atoms with Crippen molar-refractivity contribution in [2.24, 2.45) is 5.10 Å². The molecule has 0 radical (unpaired) electrons. The topological polar surface area (TPSA) is 59.3 Å². The maximum atomic E-state index is 12.4. The molecule has 0 aliphatic carbocycles. The van der Waals surface area contributed by atoms with Gasteiger partial charge in [0.15, 0.2) is 0 Å². The SMILES string of the molecule is Cc1nn(-c2ccccc2)c(Cl)c1/C=N\NC(=O)Cc1ccc(Br)c2ccccc12. The third-order valence-corrected chi connectivity index (χ3v) is 5.80. The van der Waals surface area contributed by atoms with Gasteiger partial charge in [0.25, 0.3) is 0 Å². The maximum absolute atomic E-state index is 12.4. The largest absolute Gasteiger partial charge is 0.273 e. The van der Waals surface area contributed by atoms with Gasteiger partial charge in [-0.25, -0.2) is 10.1 Å². The second kappa shape index (κ2) is 8.81. The van der Waals surface area contributed by atoms with Gasteiger partial charge in [-0.15, -0.1) is 0 Å². The lowest BCUT2D eigenvalue weighted by Crippen LogP contribution is -2.20. The first-order valence-electron chi connectivity index (χ1n) is 9.33. The third kappa shape index (κ3) is 4.15. The summed E-state index contributed by atoms with van der Waals surface area (Å²) in [6.45, 7) is 1.85. The fraction of sp³-hybridized carbons (Fsp3) is 0.0870. The molecule has 0 saturated heterocycles. The molecule has 5 nitrogen and oxygen atoms in total. The molecular weight excluding hydrogens is 464 g/mol. The summed E-state index contributed by atoms with van der Waals surface area (Å²) in [5.41, 5.74) is 5.77. The molecular formula is C23H18BrClN4O. The minimum absolute atomic E-state index is 0.206. The number of halogens is 2. The number of fused-ring (bicyclic) bond motifs is 1. The van der Waals surface area contributed by atoms with Crippen LogP contribution in [-0.4, -0.2) is 21.9 Å². The maximum Gasteiger partial charge on any atom is 0.244 e. The van der Waals surface area contributed by atoms with E-state index in [0.717, 1.165) is 32.2 Å². The lowest BCUT2D eigenvalue weighted by Gasteiger charge is -2.07. The van der Waals surface area contributed by atoms with Crippen LogP contribution in [0.5, 0.6) is 0 Å². The standard InChI is InChI=1S/C23H18BrClN4O/c1-15-20(23(25)29(28-15)17-7-3-2-4-8-17)14-26-27-22(30)13-16-11-12-21(24)19-10-6-5-9-18(16)19/h2-12,14H,13H2,1H3,(H,27,30)/b26-14-. The van der Waals surface area contributed by atoms with Crippen molar-refractivity contribution in [3.63, 3.8) is 0 Å². The van der Waals surface area contributed by atoms with Gasteiger partial charge in [0, 0.05) is 4.47 Å². The summed E-state index contributed by atoms with van der Waals surface area (Å²) >= 11 is 10.0. The molecule has 7 heteroatoms. The quantitative estimate of drug-likeness (QED) is 0.305. The first-order valence-corrected chi connectivity index (χ1v) is 10.5. The van der Waals surface area contributed by atoms with E-state index in [2.05, 4.69) is 31.6 Å². The van der Waals surface area contributed by atoms with Gasteiger partial charge in [0.1, 0.15) is 5.15 Å². The van der Waals surface area contributed by atoms with Gasteiger partial charge >= 0.3 is 0 Å². The predicted octanol–water partition coefficient (Wildman–Crippen LogP) is 5.44. The van der Waals surface area contributed by atoms with Crippen molar-refractivity contribution in [1.29, 1.82) is 0 Å². The molecule has 1 amide bonds. The Bertz CT molecular complexity index is 1250. The second-order valence-electron chi connectivity index (χ2n) is 6.76. The van der Waals surface area contributed by atoms with Gasteiger partial charge in [-0.3, -0.25) is 4.79 Å². The number of nitrogens with zero attached hydrogens (tertiary/aromatic N) is 3. The molecule has 0 atom stereocenters. The van der Waals surface area contributed by atoms with Crippen LogP contribution in [0, 0.1) is 6.92 Å². The monoisotopic (exact) mass is 480 g/mol. The van der Waals surface area contributed by atoms with E-state index in [0.29, 0.717) is 10.7 Å². The van der Waals surface area contributed by atoms with Crippen molar-refractivity contribution in [3.8, 4) is 5.69 Å². The number of nitrogens with one attached hydrogen (secondary N) is 1. The predicted molar refractivity (Wildman–Crippen MR) is 124 cm³/mol. The average Bonchev–Trinajstić information content (AvgIpc) is 3.05. The number of hydrogen-bond donors (Lipinski definition) is 1. The van der Waals surface area contributed by atoms with E-state index in [-0.39, 0.29) is 12.3 Å². The molecule has 150 valence electrons.